The van der Waals surface area contributed by atoms with Crippen molar-refractivity contribution in [2.24, 2.45) is 11.8 Å². The van der Waals surface area contributed by atoms with E-state index in [1.54, 1.807) is 0 Å². The number of carbonyl (C=O) groups excluding carboxylic acids is 2. The molecule has 1 aliphatic heterocycles. The molecule has 2 N–H and O–H groups in total. The van der Waals surface area contributed by atoms with Crippen molar-refractivity contribution in [1.29, 1.82) is 0 Å². The Hall–Kier alpha value is -2.62. The highest BCUT2D eigenvalue weighted by atomic mass is 16.2. The first-order valence-electron chi connectivity index (χ1n) is 9.94. The number of amides is 2. The van der Waals surface area contributed by atoms with Gasteiger partial charge in [0.1, 0.15) is 0 Å². The van der Waals surface area contributed by atoms with Crippen molar-refractivity contribution in [1.82, 2.24) is 10.6 Å². The number of hydrogen-bond acceptors (Lipinski definition) is 2. The van der Waals surface area contributed by atoms with Gasteiger partial charge in [-0.15, -0.1) is 0 Å². The Bertz CT molecular complexity index is 849. The molecule has 138 valence electrons. The van der Waals surface area contributed by atoms with E-state index in [1.165, 1.54) is 22.3 Å². The fraction of sp³-hybridized carbons (Fsp3) is 0.391. The van der Waals surface area contributed by atoms with E-state index < -0.39 is 0 Å². The van der Waals surface area contributed by atoms with Crippen LogP contribution in [0.5, 0.6) is 0 Å². The fourth-order valence-corrected chi connectivity index (χ4v) is 5.29. The topological polar surface area (TPSA) is 58.2 Å². The average Bonchev–Trinajstić information content (AvgIpc) is 2.72. The van der Waals surface area contributed by atoms with Gasteiger partial charge < -0.3 is 10.6 Å². The van der Waals surface area contributed by atoms with Crippen LogP contribution in [0.15, 0.2) is 48.5 Å². The second-order valence-electron chi connectivity index (χ2n) is 8.07. The zero-order chi connectivity index (χ0) is 18.4. The third-order valence-corrected chi connectivity index (χ3v) is 6.60. The average molecular weight is 360 g/mol. The summed E-state index contributed by atoms with van der Waals surface area (Å²) in [5.41, 5.74) is 5.77. The Labute approximate surface area is 159 Å². The lowest BCUT2D eigenvalue weighted by Crippen LogP contribution is -2.45. The van der Waals surface area contributed by atoms with Gasteiger partial charge in [-0.3, -0.25) is 9.59 Å². The van der Waals surface area contributed by atoms with E-state index in [-0.39, 0.29) is 17.7 Å². The number of piperidine rings is 1. The van der Waals surface area contributed by atoms with E-state index in [9.17, 15) is 9.59 Å². The third-order valence-electron chi connectivity index (χ3n) is 6.60. The van der Waals surface area contributed by atoms with Crippen LogP contribution in [0.3, 0.4) is 0 Å². The molecule has 2 atom stereocenters. The van der Waals surface area contributed by atoms with Gasteiger partial charge in [0.25, 0.3) is 0 Å². The van der Waals surface area contributed by atoms with E-state index >= 15 is 0 Å². The van der Waals surface area contributed by atoms with Gasteiger partial charge in [0.15, 0.2) is 0 Å². The summed E-state index contributed by atoms with van der Waals surface area (Å²) in [5.74, 6) is 1.24. The van der Waals surface area contributed by atoms with Gasteiger partial charge in [0, 0.05) is 31.3 Å². The lowest BCUT2D eigenvalue weighted by atomic mass is 9.59. The van der Waals surface area contributed by atoms with Crippen LogP contribution < -0.4 is 10.6 Å². The first-order chi connectivity index (χ1) is 13.2. The van der Waals surface area contributed by atoms with Crippen LogP contribution in [-0.2, 0) is 9.59 Å². The molecule has 1 saturated heterocycles. The van der Waals surface area contributed by atoms with Gasteiger partial charge in [-0.1, -0.05) is 48.5 Å². The van der Waals surface area contributed by atoms with Crippen molar-refractivity contribution in [2.45, 2.75) is 31.1 Å². The van der Waals surface area contributed by atoms with Gasteiger partial charge in [-0.2, -0.15) is 0 Å². The smallest absolute Gasteiger partial charge is 0.224 e. The molecule has 1 heterocycles. The number of nitrogens with one attached hydrogen (secondary N) is 2. The lowest BCUT2D eigenvalue weighted by molar-refractivity contribution is -0.129. The molecule has 0 saturated carbocycles. The van der Waals surface area contributed by atoms with Crippen LogP contribution in [-0.4, -0.2) is 24.9 Å². The number of benzene rings is 2. The Balaban J connectivity index is 1.36. The van der Waals surface area contributed by atoms with Crippen molar-refractivity contribution >= 4 is 11.8 Å². The first-order valence-corrected chi connectivity index (χ1v) is 9.94. The standard InChI is InChI=1S/C23H24N2O2/c26-21-10-9-14(12-24-21)23(27)25-13-15-11-20-16-5-1-3-7-18(16)22(15)19-8-4-2-6-17(19)20/h1-8,14-15,20,22H,9-13H2,(H,24,26)(H,25,27)/t14-,15-,20?,22?/m0/s1. The Morgan fingerprint density at radius 1 is 1.00 bits per heavy atom. The minimum Gasteiger partial charge on any atom is -0.355 e. The second-order valence-corrected chi connectivity index (χ2v) is 8.07. The highest BCUT2D eigenvalue weighted by molar-refractivity contribution is 5.83. The molecule has 4 nitrogen and oxygen atoms in total. The first kappa shape index (κ1) is 16.5. The molecule has 0 radical (unpaired) electrons. The molecule has 6 rings (SSSR count). The monoisotopic (exact) mass is 360 g/mol. The summed E-state index contributed by atoms with van der Waals surface area (Å²) in [6, 6.07) is 17.6. The molecular formula is C23H24N2O2. The van der Waals surface area contributed by atoms with E-state index in [0.29, 0.717) is 43.7 Å². The number of carbonyl (C=O) groups is 2. The normalized spacial score (nSPS) is 28.1. The van der Waals surface area contributed by atoms with Crippen molar-refractivity contribution in [3.05, 3.63) is 70.8 Å². The molecule has 2 amide bonds. The molecule has 27 heavy (non-hydrogen) atoms. The number of fused-ring (bicyclic) bond motifs is 1. The molecule has 2 aromatic carbocycles. The van der Waals surface area contributed by atoms with E-state index in [1.807, 2.05) is 0 Å². The minimum absolute atomic E-state index is 0.0526. The summed E-state index contributed by atoms with van der Waals surface area (Å²) in [6.45, 7) is 1.17. The summed E-state index contributed by atoms with van der Waals surface area (Å²) < 4.78 is 0. The van der Waals surface area contributed by atoms with E-state index in [4.69, 9.17) is 0 Å². The summed E-state index contributed by atoms with van der Waals surface area (Å²) in [4.78, 5) is 23.9. The van der Waals surface area contributed by atoms with Crippen molar-refractivity contribution < 1.29 is 9.59 Å². The molecule has 4 heteroatoms. The maximum atomic E-state index is 12.6. The zero-order valence-electron chi connectivity index (χ0n) is 15.3. The van der Waals surface area contributed by atoms with Gasteiger partial charge >= 0.3 is 0 Å². The van der Waals surface area contributed by atoms with Crippen molar-refractivity contribution in [3.63, 3.8) is 0 Å². The molecule has 3 aliphatic carbocycles. The van der Waals surface area contributed by atoms with Crippen LogP contribution in [0.2, 0.25) is 0 Å². The minimum atomic E-state index is -0.0944. The van der Waals surface area contributed by atoms with E-state index in [0.717, 1.165) is 6.42 Å². The SMILES string of the molecule is O=C1CC[C@H](C(=O)NC[C@@H]2CC3c4ccccc4C2c2ccccc23)CN1. The molecule has 0 unspecified atom stereocenters. The second kappa shape index (κ2) is 6.52. The van der Waals surface area contributed by atoms with Crippen LogP contribution in [0, 0.1) is 11.8 Å². The van der Waals surface area contributed by atoms with Gasteiger partial charge in [0.05, 0.1) is 5.92 Å². The number of rotatable bonds is 3. The zero-order valence-corrected chi connectivity index (χ0v) is 15.3. The molecule has 4 aliphatic rings. The Morgan fingerprint density at radius 2 is 1.63 bits per heavy atom. The van der Waals surface area contributed by atoms with Crippen molar-refractivity contribution in [2.75, 3.05) is 13.1 Å². The van der Waals surface area contributed by atoms with Gasteiger partial charge in [-0.25, -0.2) is 0 Å². The largest absolute Gasteiger partial charge is 0.355 e. The van der Waals surface area contributed by atoms with Crippen LogP contribution >= 0.6 is 0 Å². The van der Waals surface area contributed by atoms with Crippen LogP contribution in [0.25, 0.3) is 0 Å². The molecule has 1 fully saturated rings. The molecule has 2 aromatic rings. The quantitative estimate of drug-likeness (QED) is 0.884. The molecule has 2 bridgehead atoms. The predicted molar refractivity (Wildman–Crippen MR) is 103 cm³/mol. The van der Waals surface area contributed by atoms with Gasteiger partial charge in [-0.05, 0) is 41.0 Å². The fourth-order valence-electron chi connectivity index (χ4n) is 5.29. The molecule has 0 aromatic heterocycles. The lowest BCUT2D eigenvalue weighted by Gasteiger charge is -2.45. The Morgan fingerprint density at radius 3 is 2.22 bits per heavy atom. The summed E-state index contributed by atoms with van der Waals surface area (Å²) in [7, 11) is 0. The highest BCUT2D eigenvalue weighted by Crippen LogP contribution is 2.55. The summed E-state index contributed by atoms with van der Waals surface area (Å²) >= 11 is 0. The predicted octanol–water partition coefficient (Wildman–Crippen LogP) is 2.93. The van der Waals surface area contributed by atoms with Crippen LogP contribution in [0.1, 0.15) is 53.4 Å². The molecule has 0 spiro atoms. The summed E-state index contributed by atoms with van der Waals surface area (Å²) in [5, 5.41) is 6.00. The Kier molecular flexibility index (Phi) is 4.00. The van der Waals surface area contributed by atoms with E-state index in [2.05, 4.69) is 59.2 Å². The number of hydrogen-bond donors (Lipinski definition) is 2. The maximum absolute atomic E-state index is 12.6. The van der Waals surface area contributed by atoms with Crippen LogP contribution in [0.4, 0.5) is 0 Å². The van der Waals surface area contributed by atoms with Gasteiger partial charge in [0.2, 0.25) is 11.8 Å². The highest BCUT2D eigenvalue weighted by Gasteiger charge is 2.43. The van der Waals surface area contributed by atoms with Crippen molar-refractivity contribution in [3.8, 4) is 0 Å². The summed E-state index contributed by atoms with van der Waals surface area (Å²) in [6.07, 6.45) is 2.19. The maximum Gasteiger partial charge on any atom is 0.224 e. The third kappa shape index (κ3) is 2.75. The molecular weight excluding hydrogens is 336 g/mol.